The van der Waals surface area contributed by atoms with Crippen molar-refractivity contribution in [3.63, 3.8) is 0 Å². The largest absolute Gasteiger partial charge is 0.378 e. The summed E-state index contributed by atoms with van der Waals surface area (Å²) in [6, 6.07) is 3.94. The van der Waals surface area contributed by atoms with Crippen molar-refractivity contribution < 1.29 is 14.3 Å². The fraction of sp³-hybridized carbons (Fsp3) is 0.400. The molecule has 1 fully saturated rings. The molecule has 2 heterocycles. The molecule has 1 saturated heterocycles. The summed E-state index contributed by atoms with van der Waals surface area (Å²) >= 11 is 11.8. The Kier molecular flexibility index (Phi) is 5.23. The molecule has 1 aromatic rings. The Hall–Kier alpha value is -1.83. The lowest BCUT2D eigenvalue weighted by Crippen LogP contribution is -2.53. The molecule has 2 N–H and O–H groups in total. The van der Waals surface area contributed by atoms with Crippen molar-refractivity contribution >= 4 is 46.7 Å². The number of nitrogens with one attached hydrogen (secondary N) is 2. The first-order valence-corrected chi connectivity index (χ1v) is 8.24. The Bertz CT molecular complexity index is 669. The van der Waals surface area contributed by atoms with Crippen LogP contribution in [0.2, 0.25) is 10.0 Å². The van der Waals surface area contributed by atoms with Crippen LogP contribution >= 0.6 is 23.2 Å². The highest BCUT2D eigenvalue weighted by Crippen LogP contribution is 2.23. The highest BCUT2D eigenvalue weighted by Gasteiger charge is 2.29. The molecule has 3 rings (SSSR count). The van der Waals surface area contributed by atoms with E-state index in [2.05, 4.69) is 15.6 Å². The Labute approximate surface area is 149 Å². The van der Waals surface area contributed by atoms with E-state index in [1.54, 1.807) is 18.2 Å². The van der Waals surface area contributed by atoms with Crippen LogP contribution in [0, 0.1) is 0 Å². The Balaban J connectivity index is 1.74. The SMILES string of the molecule is O=C1C[C@H](C(=O)Nc2cc(Cl)cc(Cl)c2)N=C(N2CCOCC2)N1. The van der Waals surface area contributed by atoms with Crippen LogP contribution in [0.15, 0.2) is 23.2 Å². The summed E-state index contributed by atoms with van der Waals surface area (Å²) in [5.41, 5.74) is 0.464. The zero-order valence-electron chi connectivity index (χ0n) is 12.7. The van der Waals surface area contributed by atoms with E-state index in [0.29, 0.717) is 48.0 Å². The number of guanidine groups is 1. The van der Waals surface area contributed by atoms with E-state index in [1.807, 2.05) is 4.90 Å². The fourth-order valence-corrected chi connectivity index (χ4v) is 3.04. The average Bonchev–Trinajstić information content (AvgIpc) is 2.54. The van der Waals surface area contributed by atoms with Gasteiger partial charge in [-0.25, -0.2) is 4.99 Å². The molecule has 0 radical (unpaired) electrons. The van der Waals surface area contributed by atoms with Gasteiger partial charge in [-0.3, -0.25) is 14.9 Å². The number of nitrogens with zero attached hydrogens (tertiary/aromatic N) is 2. The Morgan fingerprint density at radius 3 is 2.58 bits per heavy atom. The normalized spacial score (nSPS) is 21.1. The number of carbonyl (C=O) groups is 2. The number of hydrogen-bond acceptors (Lipinski definition) is 5. The predicted molar refractivity (Wildman–Crippen MR) is 91.5 cm³/mol. The lowest BCUT2D eigenvalue weighted by atomic mass is 10.1. The van der Waals surface area contributed by atoms with E-state index in [9.17, 15) is 9.59 Å². The van der Waals surface area contributed by atoms with Crippen LogP contribution in [-0.4, -0.2) is 55.0 Å². The number of rotatable bonds is 2. The molecule has 0 aromatic heterocycles. The van der Waals surface area contributed by atoms with Crippen LogP contribution in [0.3, 0.4) is 0 Å². The molecule has 0 aliphatic carbocycles. The molecule has 7 nitrogen and oxygen atoms in total. The van der Waals surface area contributed by atoms with Crippen molar-refractivity contribution in [2.75, 3.05) is 31.6 Å². The second-order valence-electron chi connectivity index (χ2n) is 5.47. The number of amides is 2. The molecule has 0 unspecified atom stereocenters. The zero-order chi connectivity index (χ0) is 17.1. The Morgan fingerprint density at radius 2 is 1.92 bits per heavy atom. The third-order valence-corrected chi connectivity index (χ3v) is 4.09. The van der Waals surface area contributed by atoms with Gasteiger partial charge in [0.1, 0.15) is 6.04 Å². The van der Waals surface area contributed by atoms with Gasteiger partial charge in [-0.1, -0.05) is 23.2 Å². The maximum Gasteiger partial charge on any atom is 0.249 e. The fourth-order valence-electron chi connectivity index (χ4n) is 2.52. The molecule has 0 spiro atoms. The van der Waals surface area contributed by atoms with E-state index in [0.717, 1.165) is 0 Å². The number of anilines is 1. The number of aliphatic imine (C=N–C) groups is 1. The second kappa shape index (κ2) is 7.38. The number of ether oxygens (including phenoxy) is 1. The molecule has 0 saturated carbocycles. The number of morpholine rings is 1. The van der Waals surface area contributed by atoms with Gasteiger partial charge >= 0.3 is 0 Å². The monoisotopic (exact) mass is 370 g/mol. The minimum atomic E-state index is -0.797. The summed E-state index contributed by atoms with van der Waals surface area (Å²) in [4.78, 5) is 30.6. The van der Waals surface area contributed by atoms with Gasteiger partial charge in [-0.05, 0) is 18.2 Å². The summed E-state index contributed by atoms with van der Waals surface area (Å²) in [6.07, 6.45) is -0.00598. The molecule has 24 heavy (non-hydrogen) atoms. The van der Waals surface area contributed by atoms with Crippen LogP contribution in [-0.2, 0) is 14.3 Å². The number of benzene rings is 1. The number of halogens is 2. The van der Waals surface area contributed by atoms with Crippen LogP contribution < -0.4 is 10.6 Å². The molecule has 0 bridgehead atoms. The molecular weight excluding hydrogens is 355 g/mol. The van der Waals surface area contributed by atoms with E-state index in [-0.39, 0.29) is 18.2 Å². The van der Waals surface area contributed by atoms with Crippen molar-refractivity contribution in [2.24, 2.45) is 4.99 Å². The topological polar surface area (TPSA) is 83.0 Å². The van der Waals surface area contributed by atoms with Crippen molar-refractivity contribution in [3.05, 3.63) is 28.2 Å². The molecule has 2 aliphatic heterocycles. The van der Waals surface area contributed by atoms with Gasteiger partial charge in [-0.2, -0.15) is 0 Å². The third kappa shape index (κ3) is 4.17. The standard InChI is InChI=1S/C15H16Cl2N4O3/c16-9-5-10(17)7-11(6-9)18-14(23)12-8-13(22)20-15(19-12)21-1-3-24-4-2-21/h5-7,12H,1-4,8H2,(H,18,23)(H,19,20,22)/t12-/m1/s1. The third-order valence-electron chi connectivity index (χ3n) is 3.65. The van der Waals surface area contributed by atoms with E-state index in [1.165, 1.54) is 0 Å². The van der Waals surface area contributed by atoms with E-state index < -0.39 is 6.04 Å². The predicted octanol–water partition coefficient (Wildman–Crippen LogP) is 1.51. The lowest BCUT2D eigenvalue weighted by Gasteiger charge is -2.32. The van der Waals surface area contributed by atoms with Gasteiger partial charge < -0.3 is 15.0 Å². The van der Waals surface area contributed by atoms with Gasteiger partial charge in [0.15, 0.2) is 0 Å². The molecule has 1 aromatic carbocycles. The van der Waals surface area contributed by atoms with Crippen molar-refractivity contribution in [1.82, 2.24) is 10.2 Å². The van der Waals surface area contributed by atoms with Gasteiger partial charge in [0.2, 0.25) is 17.8 Å². The van der Waals surface area contributed by atoms with E-state index >= 15 is 0 Å². The molecule has 1 atom stereocenters. The maximum absolute atomic E-state index is 12.4. The maximum atomic E-state index is 12.4. The first-order valence-electron chi connectivity index (χ1n) is 7.48. The van der Waals surface area contributed by atoms with Crippen molar-refractivity contribution in [1.29, 1.82) is 0 Å². The van der Waals surface area contributed by atoms with Crippen molar-refractivity contribution in [3.8, 4) is 0 Å². The van der Waals surface area contributed by atoms with E-state index in [4.69, 9.17) is 27.9 Å². The Morgan fingerprint density at radius 1 is 1.25 bits per heavy atom. The van der Waals surface area contributed by atoms with Gasteiger partial charge in [0, 0.05) is 28.8 Å². The van der Waals surface area contributed by atoms with Gasteiger partial charge in [0.25, 0.3) is 0 Å². The summed E-state index contributed by atoms with van der Waals surface area (Å²) in [5.74, 6) is -0.205. The summed E-state index contributed by atoms with van der Waals surface area (Å²) < 4.78 is 5.28. The van der Waals surface area contributed by atoms with Crippen LogP contribution in [0.4, 0.5) is 5.69 Å². The molecule has 128 valence electrons. The summed E-state index contributed by atoms with van der Waals surface area (Å²) in [6.45, 7) is 2.37. The molecule has 2 aliphatic rings. The average molecular weight is 371 g/mol. The van der Waals surface area contributed by atoms with Crippen molar-refractivity contribution in [2.45, 2.75) is 12.5 Å². The van der Waals surface area contributed by atoms with Crippen LogP contribution in [0.5, 0.6) is 0 Å². The van der Waals surface area contributed by atoms with Crippen LogP contribution in [0.25, 0.3) is 0 Å². The minimum absolute atomic E-state index is 0.00598. The lowest BCUT2D eigenvalue weighted by molar-refractivity contribution is -0.125. The first kappa shape index (κ1) is 17.0. The highest BCUT2D eigenvalue weighted by atomic mass is 35.5. The smallest absolute Gasteiger partial charge is 0.249 e. The minimum Gasteiger partial charge on any atom is -0.378 e. The summed E-state index contributed by atoms with van der Waals surface area (Å²) in [5, 5.41) is 6.24. The molecule has 9 heteroatoms. The second-order valence-corrected chi connectivity index (χ2v) is 6.34. The number of hydrogen-bond donors (Lipinski definition) is 2. The van der Waals surface area contributed by atoms with Gasteiger partial charge in [0.05, 0.1) is 19.6 Å². The number of carbonyl (C=O) groups excluding carboxylic acids is 2. The highest BCUT2D eigenvalue weighted by molar-refractivity contribution is 6.35. The van der Waals surface area contributed by atoms with Gasteiger partial charge in [-0.15, -0.1) is 0 Å². The van der Waals surface area contributed by atoms with Crippen LogP contribution in [0.1, 0.15) is 6.42 Å². The quantitative estimate of drug-likeness (QED) is 0.826. The zero-order valence-corrected chi connectivity index (χ0v) is 14.2. The molecular formula is C15H16Cl2N4O3. The summed E-state index contributed by atoms with van der Waals surface area (Å²) in [7, 11) is 0. The molecule has 2 amide bonds. The first-order chi connectivity index (χ1) is 11.5.